The number of carbonyl (C=O) groups is 1. The SMILES string of the molecule is CNCCC(=O)NC(C)c1ncc(-c2ccccc2)o1.Cl. The number of carbonyl (C=O) groups excluding carboxylic acids is 1. The van der Waals surface area contributed by atoms with Gasteiger partial charge in [0.25, 0.3) is 0 Å². The van der Waals surface area contributed by atoms with Crippen LogP contribution in [0.1, 0.15) is 25.3 Å². The molecule has 1 atom stereocenters. The molecule has 114 valence electrons. The molecule has 5 nitrogen and oxygen atoms in total. The van der Waals surface area contributed by atoms with Gasteiger partial charge in [-0.2, -0.15) is 0 Å². The first-order chi connectivity index (χ1) is 9.70. The van der Waals surface area contributed by atoms with Crippen molar-refractivity contribution in [2.45, 2.75) is 19.4 Å². The van der Waals surface area contributed by atoms with Crippen molar-refractivity contribution >= 4 is 18.3 Å². The van der Waals surface area contributed by atoms with Gasteiger partial charge in [0.15, 0.2) is 5.76 Å². The van der Waals surface area contributed by atoms with Crippen molar-refractivity contribution in [3.8, 4) is 11.3 Å². The number of hydrogen-bond donors (Lipinski definition) is 2. The summed E-state index contributed by atoms with van der Waals surface area (Å²) in [7, 11) is 1.82. The smallest absolute Gasteiger partial charge is 0.221 e. The number of nitrogens with zero attached hydrogens (tertiary/aromatic N) is 1. The van der Waals surface area contributed by atoms with Crippen LogP contribution < -0.4 is 10.6 Å². The average Bonchev–Trinajstić information content (AvgIpc) is 2.96. The fraction of sp³-hybridized carbons (Fsp3) is 0.333. The summed E-state index contributed by atoms with van der Waals surface area (Å²) in [6, 6.07) is 9.52. The van der Waals surface area contributed by atoms with Crippen molar-refractivity contribution in [3.05, 3.63) is 42.4 Å². The molecular formula is C15H20ClN3O2. The van der Waals surface area contributed by atoms with Crippen molar-refractivity contribution in [1.29, 1.82) is 0 Å². The Kier molecular flexibility index (Phi) is 6.91. The van der Waals surface area contributed by atoms with E-state index >= 15 is 0 Å². The zero-order chi connectivity index (χ0) is 14.4. The molecule has 1 heterocycles. The number of aromatic nitrogens is 1. The van der Waals surface area contributed by atoms with Crippen LogP contribution in [0, 0.1) is 0 Å². The van der Waals surface area contributed by atoms with E-state index in [2.05, 4.69) is 15.6 Å². The van der Waals surface area contributed by atoms with Gasteiger partial charge in [-0.05, 0) is 14.0 Å². The molecule has 1 aromatic heterocycles. The second kappa shape index (κ2) is 8.44. The number of amides is 1. The molecule has 0 aliphatic carbocycles. The molecule has 0 saturated carbocycles. The van der Waals surface area contributed by atoms with E-state index in [-0.39, 0.29) is 24.4 Å². The lowest BCUT2D eigenvalue weighted by Crippen LogP contribution is -2.29. The van der Waals surface area contributed by atoms with Crippen molar-refractivity contribution in [3.63, 3.8) is 0 Å². The predicted octanol–water partition coefficient (Wildman–Crippen LogP) is 2.55. The van der Waals surface area contributed by atoms with Gasteiger partial charge in [-0.25, -0.2) is 4.98 Å². The molecule has 2 aromatic rings. The van der Waals surface area contributed by atoms with Gasteiger partial charge in [-0.15, -0.1) is 12.4 Å². The summed E-state index contributed by atoms with van der Waals surface area (Å²) in [5, 5.41) is 5.80. The van der Waals surface area contributed by atoms with Gasteiger partial charge in [-0.1, -0.05) is 30.3 Å². The number of rotatable bonds is 6. The minimum absolute atomic E-state index is 0. The van der Waals surface area contributed by atoms with Gasteiger partial charge in [0.1, 0.15) is 6.04 Å². The van der Waals surface area contributed by atoms with E-state index in [1.54, 1.807) is 6.20 Å². The largest absolute Gasteiger partial charge is 0.438 e. The third kappa shape index (κ3) is 4.88. The van der Waals surface area contributed by atoms with Crippen molar-refractivity contribution < 1.29 is 9.21 Å². The molecule has 0 fully saturated rings. The molecule has 1 unspecified atom stereocenters. The van der Waals surface area contributed by atoms with Crippen molar-refractivity contribution in [2.75, 3.05) is 13.6 Å². The van der Waals surface area contributed by atoms with Gasteiger partial charge in [-0.3, -0.25) is 4.79 Å². The number of hydrogen-bond acceptors (Lipinski definition) is 4. The monoisotopic (exact) mass is 309 g/mol. The summed E-state index contributed by atoms with van der Waals surface area (Å²) in [6.45, 7) is 2.51. The fourth-order valence-corrected chi connectivity index (χ4v) is 1.84. The lowest BCUT2D eigenvalue weighted by molar-refractivity contribution is -0.121. The molecule has 1 aromatic carbocycles. The first kappa shape index (κ1) is 17.2. The van der Waals surface area contributed by atoms with Gasteiger partial charge >= 0.3 is 0 Å². The predicted molar refractivity (Wildman–Crippen MR) is 84.3 cm³/mol. The number of benzene rings is 1. The summed E-state index contributed by atoms with van der Waals surface area (Å²) in [6.07, 6.45) is 2.12. The molecule has 0 spiro atoms. The van der Waals surface area contributed by atoms with Crippen molar-refractivity contribution in [1.82, 2.24) is 15.6 Å². The lowest BCUT2D eigenvalue weighted by Gasteiger charge is -2.10. The highest BCUT2D eigenvalue weighted by molar-refractivity contribution is 5.85. The molecule has 0 aliphatic heterocycles. The first-order valence-corrected chi connectivity index (χ1v) is 6.66. The Morgan fingerprint density at radius 2 is 2.05 bits per heavy atom. The second-order valence-electron chi connectivity index (χ2n) is 4.57. The highest BCUT2D eigenvalue weighted by atomic mass is 35.5. The molecule has 0 radical (unpaired) electrons. The highest BCUT2D eigenvalue weighted by Gasteiger charge is 2.15. The molecule has 21 heavy (non-hydrogen) atoms. The van der Waals surface area contributed by atoms with Crippen LogP contribution in [0.15, 0.2) is 40.9 Å². The Morgan fingerprint density at radius 3 is 2.71 bits per heavy atom. The second-order valence-corrected chi connectivity index (χ2v) is 4.57. The molecule has 0 bridgehead atoms. The number of oxazole rings is 1. The van der Waals surface area contributed by atoms with E-state index in [1.165, 1.54) is 0 Å². The van der Waals surface area contributed by atoms with Crippen LogP contribution in [0.4, 0.5) is 0 Å². The topological polar surface area (TPSA) is 67.2 Å². The van der Waals surface area contributed by atoms with Crippen LogP contribution in [-0.2, 0) is 4.79 Å². The summed E-state index contributed by atoms with van der Waals surface area (Å²) in [4.78, 5) is 15.9. The number of nitrogens with one attached hydrogen (secondary N) is 2. The Bertz CT molecular complexity index is 557. The standard InChI is InChI=1S/C15H19N3O2.ClH/c1-11(18-14(19)8-9-16-2)15-17-10-13(20-15)12-6-4-3-5-7-12;/h3-7,10-11,16H,8-9H2,1-2H3,(H,18,19);1H. The molecule has 2 N–H and O–H groups in total. The van der Waals surface area contributed by atoms with Gasteiger partial charge in [0.2, 0.25) is 11.8 Å². The molecular weight excluding hydrogens is 290 g/mol. The van der Waals surface area contributed by atoms with E-state index in [9.17, 15) is 4.79 Å². The van der Waals surface area contributed by atoms with Crippen LogP contribution >= 0.6 is 12.4 Å². The van der Waals surface area contributed by atoms with Gasteiger partial charge < -0.3 is 15.1 Å². The Hall–Kier alpha value is -1.85. The lowest BCUT2D eigenvalue weighted by atomic mass is 10.2. The average molecular weight is 310 g/mol. The third-order valence-corrected chi connectivity index (χ3v) is 2.93. The summed E-state index contributed by atoms with van der Waals surface area (Å²) < 4.78 is 5.70. The fourth-order valence-electron chi connectivity index (χ4n) is 1.84. The summed E-state index contributed by atoms with van der Waals surface area (Å²) in [5.74, 6) is 1.20. The highest BCUT2D eigenvalue weighted by Crippen LogP contribution is 2.22. The van der Waals surface area contributed by atoms with E-state index < -0.39 is 0 Å². The van der Waals surface area contributed by atoms with E-state index in [4.69, 9.17) is 4.42 Å². The summed E-state index contributed by atoms with van der Waals surface area (Å²) >= 11 is 0. The quantitative estimate of drug-likeness (QED) is 0.860. The van der Waals surface area contributed by atoms with Crippen LogP contribution in [-0.4, -0.2) is 24.5 Å². The molecule has 0 saturated heterocycles. The van der Waals surface area contributed by atoms with Crippen LogP contribution in [0.2, 0.25) is 0 Å². The van der Waals surface area contributed by atoms with E-state index in [0.29, 0.717) is 24.6 Å². The first-order valence-electron chi connectivity index (χ1n) is 6.66. The Labute approximate surface area is 130 Å². The third-order valence-electron chi connectivity index (χ3n) is 2.93. The van der Waals surface area contributed by atoms with Crippen LogP contribution in [0.3, 0.4) is 0 Å². The minimum atomic E-state index is -0.239. The zero-order valence-electron chi connectivity index (χ0n) is 12.1. The van der Waals surface area contributed by atoms with Gasteiger partial charge in [0, 0.05) is 18.5 Å². The summed E-state index contributed by atoms with van der Waals surface area (Å²) in [5.41, 5.74) is 0.972. The Morgan fingerprint density at radius 1 is 1.33 bits per heavy atom. The minimum Gasteiger partial charge on any atom is -0.438 e. The molecule has 0 aliphatic rings. The molecule has 6 heteroatoms. The Balaban J connectivity index is 0.00000220. The normalized spacial score (nSPS) is 11.5. The maximum absolute atomic E-state index is 11.6. The zero-order valence-corrected chi connectivity index (χ0v) is 12.9. The van der Waals surface area contributed by atoms with Crippen molar-refractivity contribution in [2.24, 2.45) is 0 Å². The number of halogens is 1. The van der Waals surface area contributed by atoms with E-state index in [1.807, 2.05) is 44.3 Å². The van der Waals surface area contributed by atoms with Crippen LogP contribution in [0.5, 0.6) is 0 Å². The maximum atomic E-state index is 11.6. The van der Waals surface area contributed by atoms with Gasteiger partial charge in [0.05, 0.1) is 6.20 Å². The van der Waals surface area contributed by atoms with Crippen LogP contribution in [0.25, 0.3) is 11.3 Å². The maximum Gasteiger partial charge on any atom is 0.221 e. The molecule has 2 rings (SSSR count). The molecule has 1 amide bonds. The van der Waals surface area contributed by atoms with E-state index in [0.717, 1.165) is 5.56 Å².